The average Bonchev–Trinajstić information content (AvgIpc) is 2.58. The molecule has 0 atom stereocenters. The van der Waals surface area contributed by atoms with Crippen LogP contribution < -0.4 is 5.32 Å². The third-order valence-electron chi connectivity index (χ3n) is 1.88. The number of carbonyl (C=O) groups excluding carboxylic acids is 1. The molecule has 0 unspecified atom stereocenters. The highest BCUT2D eigenvalue weighted by Gasteiger charge is 2.31. The number of nitrogens with zero attached hydrogens (tertiary/aromatic N) is 1. The monoisotopic (exact) mass is 277 g/mol. The minimum absolute atomic E-state index is 0.248. The van der Waals surface area contributed by atoms with Crippen LogP contribution in [0.5, 0.6) is 0 Å². The number of H-pyrrole nitrogens is 1. The van der Waals surface area contributed by atoms with Crippen LogP contribution in [0.25, 0.3) is 11.0 Å². The van der Waals surface area contributed by atoms with Crippen LogP contribution in [0.1, 0.15) is 0 Å². The van der Waals surface area contributed by atoms with E-state index in [1.54, 1.807) is 6.07 Å². The molecule has 7 heteroatoms. The Balaban J connectivity index is 2.25. The highest BCUT2D eigenvalue weighted by Crippen LogP contribution is 2.27. The van der Waals surface area contributed by atoms with Gasteiger partial charge in [0, 0.05) is 0 Å². The number of aromatic amines is 1. The zero-order chi connectivity index (χ0) is 11.8. The van der Waals surface area contributed by atoms with Crippen LogP contribution in [0.3, 0.4) is 0 Å². The fraction of sp³-hybridized carbons (Fsp3) is 0.111. The van der Waals surface area contributed by atoms with E-state index in [1.807, 2.05) is 18.2 Å². The molecule has 2 aromatic rings. The van der Waals surface area contributed by atoms with Crippen molar-refractivity contribution in [1.82, 2.24) is 9.97 Å². The quantitative estimate of drug-likeness (QED) is 0.788. The Hall–Kier alpha value is -0.970. The molecular formula is C9H6Cl3N3O. The van der Waals surface area contributed by atoms with Crippen LogP contribution in [0.4, 0.5) is 5.95 Å². The third kappa shape index (κ3) is 2.40. The molecule has 0 aliphatic carbocycles. The lowest BCUT2D eigenvalue weighted by Gasteiger charge is -2.08. The van der Waals surface area contributed by atoms with Gasteiger partial charge in [-0.25, -0.2) is 4.98 Å². The third-order valence-corrected chi connectivity index (χ3v) is 2.39. The maximum atomic E-state index is 11.3. The first-order chi connectivity index (χ1) is 7.47. The number of nitrogens with one attached hydrogen (secondary N) is 2. The number of anilines is 1. The highest BCUT2D eigenvalue weighted by molar-refractivity contribution is 6.76. The van der Waals surface area contributed by atoms with Crippen LogP contribution in [0.15, 0.2) is 24.3 Å². The van der Waals surface area contributed by atoms with Gasteiger partial charge >= 0.3 is 0 Å². The van der Waals surface area contributed by atoms with Crippen LogP contribution in [-0.4, -0.2) is 19.7 Å². The zero-order valence-corrected chi connectivity index (χ0v) is 10.1. The fourth-order valence-electron chi connectivity index (χ4n) is 1.19. The number of carbonyl (C=O) groups is 1. The maximum Gasteiger partial charge on any atom is 0.278 e. The summed E-state index contributed by atoms with van der Waals surface area (Å²) in [5.74, 6) is -0.505. The van der Waals surface area contributed by atoms with E-state index in [1.165, 1.54) is 0 Å². The Morgan fingerprint density at radius 3 is 2.62 bits per heavy atom. The lowest BCUT2D eigenvalue weighted by Crippen LogP contribution is -2.27. The number of fused-ring (bicyclic) bond motifs is 1. The molecule has 4 nitrogen and oxygen atoms in total. The van der Waals surface area contributed by atoms with E-state index in [4.69, 9.17) is 34.8 Å². The van der Waals surface area contributed by atoms with E-state index in [0.29, 0.717) is 0 Å². The van der Waals surface area contributed by atoms with Crippen LogP contribution in [0, 0.1) is 0 Å². The second-order valence-electron chi connectivity index (χ2n) is 3.05. The lowest BCUT2D eigenvalue weighted by atomic mass is 10.3. The smallest absolute Gasteiger partial charge is 0.278 e. The summed E-state index contributed by atoms with van der Waals surface area (Å²) < 4.78 is -2.00. The molecule has 1 aromatic carbocycles. The number of amides is 1. The van der Waals surface area contributed by atoms with Crippen molar-refractivity contribution in [1.29, 1.82) is 0 Å². The van der Waals surface area contributed by atoms with Crippen molar-refractivity contribution in [3.05, 3.63) is 24.3 Å². The largest absolute Gasteiger partial charge is 0.324 e. The van der Waals surface area contributed by atoms with Gasteiger partial charge in [0.05, 0.1) is 11.0 Å². The van der Waals surface area contributed by atoms with E-state index in [-0.39, 0.29) is 5.95 Å². The molecule has 0 aliphatic rings. The number of rotatable bonds is 1. The summed E-state index contributed by atoms with van der Waals surface area (Å²) in [5, 5.41) is 2.37. The van der Waals surface area contributed by atoms with Crippen molar-refractivity contribution >= 4 is 57.7 Å². The molecule has 0 aliphatic heterocycles. The molecule has 0 saturated heterocycles. The van der Waals surface area contributed by atoms with Gasteiger partial charge in [0.2, 0.25) is 5.95 Å². The zero-order valence-electron chi connectivity index (χ0n) is 7.80. The topological polar surface area (TPSA) is 57.8 Å². The van der Waals surface area contributed by atoms with Gasteiger partial charge in [-0.3, -0.25) is 10.1 Å². The molecule has 0 spiro atoms. The van der Waals surface area contributed by atoms with Gasteiger partial charge in [-0.1, -0.05) is 46.9 Å². The van der Waals surface area contributed by atoms with E-state index in [9.17, 15) is 4.79 Å². The Morgan fingerprint density at radius 1 is 1.31 bits per heavy atom. The normalized spacial score (nSPS) is 11.7. The summed E-state index contributed by atoms with van der Waals surface area (Å²) >= 11 is 16.2. The molecule has 0 saturated carbocycles. The minimum Gasteiger partial charge on any atom is -0.324 e. The molecule has 1 heterocycles. The Kier molecular flexibility index (Phi) is 2.97. The van der Waals surface area contributed by atoms with E-state index >= 15 is 0 Å². The summed E-state index contributed by atoms with van der Waals surface area (Å²) in [6, 6.07) is 7.31. The SMILES string of the molecule is O=C(Nc1nc2ccccc2[nH]1)C(Cl)(Cl)Cl. The van der Waals surface area contributed by atoms with Gasteiger partial charge in [0.1, 0.15) is 0 Å². The molecule has 2 rings (SSSR count). The number of hydrogen-bond acceptors (Lipinski definition) is 2. The Bertz CT molecular complexity index is 499. The van der Waals surface area contributed by atoms with Crippen LogP contribution in [0.2, 0.25) is 0 Å². The summed E-state index contributed by atoms with van der Waals surface area (Å²) in [5.41, 5.74) is 1.52. The van der Waals surface area contributed by atoms with E-state index < -0.39 is 9.70 Å². The lowest BCUT2D eigenvalue weighted by molar-refractivity contribution is -0.115. The average molecular weight is 279 g/mol. The standard InChI is InChI=1S/C9H6Cl3N3O/c10-9(11,12)7(16)15-8-13-5-3-1-2-4-6(5)14-8/h1-4H,(H2,13,14,15,16). The molecule has 0 bridgehead atoms. The van der Waals surface area contributed by atoms with Gasteiger partial charge in [-0.15, -0.1) is 0 Å². The number of para-hydroxylation sites is 2. The number of aromatic nitrogens is 2. The van der Waals surface area contributed by atoms with Crippen molar-refractivity contribution in [3.63, 3.8) is 0 Å². The van der Waals surface area contributed by atoms with Crippen molar-refractivity contribution in [2.75, 3.05) is 5.32 Å². The molecule has 16 heavy (non-hydrogen) atoms. The summed E-state index contributed by atoms with van der Waals surface area (Å²) in [6.45, 7) is 0. The summed E-state index contributed by atoms with van der Waals surface area (Å²) in [7, 11) is 0. The molecule has 0 radical (unpaired) electrons. The number of imidazole rings is 1. The first kappa shape index (κ1) is 11.5. The maximum absolute atomic E-state index is 11.3. The second-order valence-corrected chi connectivity index (χ2v) is 5.34. The van der Waals surface area contributed by atoms with Crippen molar-refractivity contribution in [2.24, 2.45) is 0 Å². The van der Waals surface area contributed by atoms with Crippen molar-refractivity contribution < 1.29 is 4.79 Å². The molecular weight excluding hydrogens is 272 g/mol. The fourth-order valence-corrected chi connectivity index (χ4v) is 1.33. The molecule has 0 fully saturated rings. The summed E-state index contributed by atoms with van der Waals surface area (Å²) in [4.78, 5) is 18.3. The highest BCUT2D eigenvalue weighted by atomic mass is 35.6. The van der Waals surface area contributed by atoms with Crippen molar-refractivity contribution in [3.8, 4) is 0 Å². The predicted octanol–water partition coefficient (Wildman–Crippen LogP) is 2.87. The predicted molar refractivity (Wildman–Crippen MR) is 65.0 cm³/mol. The van der Waals surface area contributed by atoms with Gasteiger partial charge in [-0.05, 0) is 12.1 Å². The van der Waals surface area contributed by atoms with E-state index in [2.05, 4.69) is 15.3 Å². The first-order valence-corrected chi connectivity index (χ1v) is 5.43. The number of halogens is 3. The van der Waals surface area contributed by atoms with E-state index in [0.717, 1.165) is 11.0 Å². The first-order valence-electron chi connectivity index (χ1n) is 4.30. The van der Waals surface area contributed by atoms with Crippen LogP contribution >= 0.6 is 34.8 Å². The second kappa shape index (κ2) is 4.13. The minimum atomic E-state index is -2.00. The van der Waals surface area contributed by atoms with Crippen molar-refractivity contribution in [2.45, 2.75) is 3.79 Å². The summed E-state index contributed by atoms with van der Waals surface area (Å²) in [6.07, 6.45) is 0. The van der Waals surface area contributed by atoms with Crippen LogP contribution in [-0.2, 0) is 4.79 Å². The molecule has 1 amide bonds. The van der Waals surface area contributed by atoms with Gasteiger partial charge in [-0.2, -0.15) is 0 Å². The Labute approximate surface area is 106 Å². The van der Waals surface area contributed by atoms with Gasteiger partial charge in [0.15, 0.2) is 0 Å². The van der Waals surface area contributed by atoms with Gasteiger partial charge < -0.3 is 4.98 Å². The Morgan fingerprint density at radius 2 is 2.00 bits per heavy atom. The number of benzene rings is 1. The molecule has 1 aromatic heterocycles. The number of alkyl halides is 3. The number of hydrogen-bond donors (Lipinski definition) is 2. The molecule has 2 N–H and O–H groups in total. The van der Waals surface area contributed by atoms with Gasteiger partial charge in [0.25, 0.3) is 9.70 Å². The molecule has 84 valence electrons.